The number of carbonyl (C=O) groups is 3. The standard InChI is InChI=1S/C40H30F2O6/c1-6-35(43)48-34-23-33(16-13-27-7-9-29(10-8-27)24-47-40(45)26(4)5)37(41)38(42)36(34)32-19-17-31(18-20-32)30-14-11-28(12-15-30)21-22-46-39(44)25(2)3/h6-12,14-15,17-23H,1-2,4,24H2,3,5H3/b22-21+. The van der Waals surface area contributed by atoms with Crippen LogP contribution in [0.3, 0.4) is 0 Å². The third-order valence-corrected chi connectivity index (χ3v) is 6.76. The molecule has 48 heavy (non-hydrogen) atoms. The lowest BCUT2D eigenvalue weighted by atomic mass is 9.97. The Morgan fingerprint density at radius 3 is 1.94 bits per heavy atom. The van der Waals surface area contributed by atoms with Crippen molar-refractivity contribution in [1.29, 1.82) is 0 Å². The third-order valence-electron chi connectivity index (χ3n) is 6.76. The predicted molar refractivity (Wildman–Crippen MR) is 180 cm³/mol. The van der Waals surface area contributed by atoms with Crippen LogP contribution in [-0.2, 0) is 30.5 Å². The molecule has 0 spiro atoms. The highest BCUT2D eigenvalue weighted by Crippen LogP contribution is 2.37. The molecular weight excluding hydrogens is 614 g/mol. The van der Waals surface area contributed by atoms with Crippen molar-refractivity contribution in [3.63, 3.8) is 0 Å². The van der Waals surface area contributed by atoms with Crippen LogP contribution in [0, 0.1) is 23.5 Å². The van der Waals surface area contributed by atoms with Crippen LogP contribution in [0.5, 0.6) is 5.75 Å². The molecule has 0 fully saturated rings. The van der Waals surface area contributed by atoms with E-state index in [2.05, 4.69) is 31.6 Å². The molecule has 0 unspecified atom stereocenters. The van der Waals surface area contributed by atoms with Crippen molar-refractivity contribution in [2.75, 3.05) is 0 Å². The molecule has 0 aromatic heterocycles. The Bertz CT molecular complexity index is 1990. The fraction of sp³-hybridized carbons (Fsp3) is 0.0750. The van der Waals surface area contributed by atoms with Crippen molar-refractivity contribution in [2.45, 2.75) is 20.5 Å². The van der Waals surface area contributed by atoms with E-state index in [1.807, 2.05) is 24.3 Å². The highest BCUT2D eigenvalue weighted by Gasteiger charge is 2.22. The maximum atomic E-state index is 15.7. The highest BCUT2D eigenvalue weighted by molar-refractivity contribution is 5.88. The van der Waals surface area contributed by atoms with E-state index in [9.17, 15) is 14.4 Å². The van der Waals surface area contributed by atoms with Gasteiger partial charge in [0.1, 0.15) is 12.4 Å². The van der Waals surface area contributed by atoms with E-state index in [4.69, 9.17) is 14.2 Å². The molecule has 0 radical (unpaired) electrons. The minimum atomic E-state index is -1.24. The molecule has 0 N–H and O–H groups in total. The summed E-state index contributed by atoms with van der Waals surface area (Å²) in [5.41, 5.74) is 3.88. The predicted octanol–water partition coefficient (Wildman–Crippen LogP) is 8.50. The molecule has 0 heterocycles. The lowest BCUT2D eigenvalue weighted by molar-refractivity contribution is -0.140. The summed E-state index contributed by atoms with van der Waals surface area (Å²) in [4.78, 5) is 35.3. The first kappa shape index (κ1) is 34.5. The first-order valence-corrected chi connectivity index (χ1v) is 14.5. The van der Waals surface area contributed by atoms with Gasteiger partial charge in [0, 0.05) is 28.9 Å². The molecule has 0 aliphatic rings. The van der Waals surface area contributed by atoms with Crippen molar-refractivity contribution >= 4 is 24.0 Å². The monoisotopic (exact) mass is 644 g/mol. The zero-order chi connectivity index (χ0) is 34.8. The van der Waals surface area contributed by atoms with Gasteiger partial charge in [0.25, 0.3) is 0 Å². The molecule has 6 nitrogen and oxygen atoms in total. The van der Waals surface area contributed by atoms with Crippen LogP contribution >= 0.6 is 0 Å². The van der Waals surface area contributed by atoms with Gasteiger partial charge in [-0.05, 0) is 59.9 Å². The number of hydrogen-bond donors (Lipinski definition) is 0. The zero-order valence-electron chi connectivity index (χ0n) is 26.3. The SMILES string of the molecule is C=CC(=O)Oc1cc(C#Cc2ccc(COC(=O)C(=C)C)cc2)c(F)c(F)c1-c1ccc(-c2ccc(/C=C/OC(=O)C(=C)C)cc2)cc1. The molecule has 8 heteroatoms. The molecule has 0 aliphatic carbocycles. The van der Waals surface area contributed by atoms with Gasteiger partial charge in [-0.25, -0.2) is 23.2 Å². The van der Waals surface area contributed by atoms with E-state index in [-0.39, 0.29) is 40.2 Å². The van der Waals surface area contributed by atoms with Gasteiger partial charge in [-0.1, -0.05) is 92.2 Å². The smallest absolute Gasteiger partial charge is 0.337 e. The van der Waals surface area contributed by atoms with Gasteiger partial charge in [-0.3, -0.25) is 0 Å². The minimum absolute atomic E-state index is 0.0416. The van der Waals surface area contributed by atoms with Gasteiger partial charge >= 0.3 is 17.9 Å². The van der Waals surface area contributed by atoms with E-state index in [1.165, 1.54) is 12.3 Å². The lowest BCUT2D eigenvalue weighted by Gasteiger charge is -2.13. The maximum absolute atomic E-state index is 15.7. The first-order chi connectivity index (χ1) is 23.0. The average molecular weight is 645 g/mol. The summed E-state index contributed by atoms with van der Waals surface area (Å²) in [7, 11) is 0. The summed E-state index contributed by atoms with van der Waals surface area (Å²) in [6, 6.07) is 21.8. The topological polar surface area (TPSA) is 78.9 Å². The van der Waals surface area contributed by atoms with Crippen LogP contribution in [0.25, 0.3) is 28.3 Å². The summed E-state index contributed by atoms with van der Waals surface area (Å²) in [5, 5.41) is 0. The van der Waals surface area contributed by atoms with E-state index in [0.29, 0.717) is 11.1 Å². The summed E-state index contributed by atoms with van der Waals surface area (Å²) in [6.45, 7) is 13.6. The normalized spacial score (nSPS) is 10.4. The van der Waals surface area contributed by atoms with E-state index < -0.39 is 29.5 Å². The number of ether oxygens (including phenoxy) is 3. The van der Waals surface area contributed by atoms with Crippen molar-refractivity contribution < 1.29 is 37.4 Å². The van der Waals surface area contributed by atoms with E-state index in [0.717, 1.165) is 22.8 Å². The second-order valence-electron chi connectivity index (χ2n) is 10.5. The average Bonchev–Trinajstić information content (AvgIpc) is 3.08. The second kappa shape index (κ2) is 15.8. The van der Waals surface area contributed by atoms with Crippen molar-refractivity contribution in [1.82, 2.24) is 0 Å². The second-order valence-corrected chi connectivity index (χ2v) is 10.5. The Morgan fingerprint density at radius 1 is 0.771 bits per heavy atom. The summed E-state index contributed by atoms with van der Waals surface area (Å²) < 4.78 is 46.4. The van der Waals surface area contributed by atoms with Gasteiger partial charge in [0.2, 0.25) is 0 Å². The Morgan fingerprint density at radius 2 is 1.35 bits per heavy atom. The summed E-state index contributed by atoms with van der Waals surface area (Å²) in [6.07, 6.45) is 3.83. The fourth-order valence-corrected chi connectivity index (χ4v) is 4.18. The lowest BCUT2D eigenvalue weighted by Crippen LogP contribution is -2.07. The van der Waals surface area contributed by atoms with Crippen LogP contribution in [0.4, 0.5) is 8.78 Å². The molecule has 0 aliphatic heterocycles. The molecule has 240 valence electrons. The maximum Gasteiger partial charge on any atom is 0.337 e. The van der Waals surface area contributed by atoms with Crippen LogP contribution < -0.4 is 4.74 Å². The van der Waals surface area contributed by atoms with Gasteiger partial charge in [-0.15, -0.1) is 0 Å². The van der Waals surface area contributed by atoms with Crippen LogP contribution in [0.1, 0.15) is 36.1 Å². The molecular formula is C40H30F2O6. The van der Waals surface area contributed by atoms with Gasteiger partial charge in [0.15, 0.2) is 11.6 Å². The molecule has 4 rings (SSSR count). The first-order valence-electron chi connectivity index (χ1n) is 14.5. The molecule has 0 amide bonds. The molecule has 0 atom stereocenters. The summed E-state index contributed by atoms with van der Waals surface area (Å²) in [5.74, 6) is 0.827. The minimum Gasteiger partial charge on any atom is -0.457 e. The van der Waals surface area contributed by atoms with Gasteiger partial charge in [0.05, 0.1) is 17.4 Å². The van der Waals surface area contributed by atoms with Crippen molar-refractivity contribution in [3.8, 4) is 39.8 Å². The fourth-order valence-electron chi connectivity index (χ4n) is 4.18. The number of rotatable bonds is 10. The van der Waals surface area contributed by atoms with Gasteiger partial charge < -0.3 is 14.2 Å². The van der Waals surface area contributed by atoms with Crippen LogP contribution in [-0.4, -0.2) is 17.9 Å². The van der Waals surface area contributed by atoms with Gasteiger partial charge in [-0.2, -0.15) is 0 Å². The van der Waals surface area contributed by atoms with Crippen molar-refractivity contribution in [3.05, 3.63) is 156 Å². The number of esters is 3. The largest absolute Gasteiger partial charge is 0.457 e. The molecule has 0 bridgehead atoms. The summed E-state index contributed by atoms with van der Waals surface area (Å²) >= 11 is 0. The Labute approximate surface area is 277 Å². The van der Waals surface area contributed by atoms with E-state index >= 15 is 8.78 Å². The highest BCUT2D eigenvalue weighted by atomic mass is 19.2. The Balaban J connectivity index is 1.58. The quantitative estimate of drug-likeness (QED) is 0.0567. The zero-order valence-corrected chi connectivity index (χ0v) is 26.3. The Kier molecular flexibility index (Phi) is 11.4. The Hall–Kier alpha value is -6.33. The third kappa shape index (κ3) is 8.89. The number of benzene rings is 4. The van der Waals surface area contributed by atoms with Crippen LogP contribution in [0.15, 0.2) is 122 Å². The van der Waals surface area contributed by atoms with Crippen LogP contribution in [0.2, 0.25) is 0 Å². The molecule has 4 aromatic rings. The van der Waals surface area contributed by atoms with E-state index in [1.54, 1.807) is 68.5 Å². The van der Waals surface area contributed by atoms with Crippen molar-refractivity contribution in [2.24, 2.45) is 0 Å². The number of hydrogen-bond acceptors (Lipinski definition) is 6. The molecule has 0 saturated carbocycles. The molecule has 0 saturated heterocycles. The molecule has 4 aromatic carbocycles. The number of halogens is 2. The number of carbonyl (C=O) groups excluding carboxylic acids is 3.